The Balaban J connectivity index is 1.15. The minimum Gasteiger partial charge on any atom is -0.444 e. The molecule has 6 aliphatic rings. The molecule has 1 saturated heterocycles. The molecule has 51 heavy (non-hydrogen) atoms. The fourth-order valence-corrected chi connectivity index (χ4v) is 9.90. The van der Waals surface area contributed by atoms with Crippen LogP contribution in [-0.2, 0) is 42.2 Å². The van der Waals surface area contributed by atoms with Crippen molar-refractivity contribution in [3.63, 3.8) is 0 Å². The monoisotopic (exact) mass is 721 g/mol. The van der Waals surface area contributed by atoms with E-state index in [0.717, 1.165) is 68.1 Å². The highest BCUT2D eigenvalue weighted by molar-refractivity contribution is 7.91. The number of allylic oxidation sites excluding steroid dienone is 1. The third-order valence-corrected chi connectivity index (χ3v) is 13.6. The van der Waals surface area contributed by atoms with Crippen LogP contribution in [0.2, 0.25) is 0 Å². The summed E-state index contributed by atoms with van der Waals surface area (Å²) >= 11 is 0. The van der Waals surface area contributed by atoms with Crippen molar-refractivity contribution in [2.45, 2.75) is 132 Å². The van der Waals surface area contributed by atoms with Gasteiger partial charge in [0, 0.05) is 24.9 Å². The van der Waals surface area contributed by atoms with Gasteiger partial charge in [-0.25, -0.2) is 13.2 Å². The van der Waals surface area contributed by atoms with Gasteiger partial charge in [0.15, 0.2) is 0 Å². The van der Waals surface area contributed by atoms with Crippen LogP contribution in [0.25, 0.3) is 6.08 Å². The first-order valence-corrected chi connectivity index (χ1v) is 20.3. The topological polar surface area (TPSA) is 154 Å². The third-order valence-electron chi connectivity index (χ3n) is 11.8. The van der Waals surface area contributed by atoms with Crippen molar-refractivity contribution >= 4 is 39.9 Å². The van der Waals surface area contributed by atoms with Gasteiger partial charge in [-0.05, 0) is 80.9 Å². The molecule has 0 aromatic heterocycles. The smallest absolute Gasteiger partial charge is 0.410 e. The summed E-state index contributed by atoms with van der Waals surface area (Å²) in [6.45, 7) is 6.76. The van der Waals surface area contributed by atoms with E-state index in [2.05, 4.69) is 47.1 Å². The number of nitrogens with zero attached hydrogens (tertiary/aromatic N) is 2. The second kappa shape index (κ2) is 14.4. The summed E-state index contributed by atoms with van der Waals surface area (Å²) < 4.78 is 33.6. The van der Waals surface area contributed by atoms with Crippen LogP contribution in [0.1, 0.15) is 101 Å². The van der Waals surface area contributed by atoms with Crippen LogP contribution in [0.15, 0.2) is 36.9 Å². The summed E-state index contributed by atoms with van der Waals surface area (Å²) in [5, 5.41) is 5.89. The number of benzene rings is 1. The average Bonchev–Trinajstić information content (AvgIpc) is 3.88. The second-order valence-corrected chi connectivity index (χ2v) is 17.5. The van der Waals surface area contributed by atoms with Gasteiger partial charge < -0.3 is 20.3 Å². The molecule has 4 bridgehead atoms. The second-order valence-electron chi connectivity index (χ2n) is 15.5. The lowest BCUT2D eigenvalue weighted by atomic mass is 9.94. The van der Waals surface area contributed by atoms with Crippen molar-refractivity contribution < 1.29 is 32.3 Å². The molecule has 0 spiro atoms. The molecular formula is C38H51N5O7S. The van der Waals surface area contributed by atoms with Crippen LogP contribution >= 0.6 is 0 Å². The number of carbonyl (C=O) groups excluding carboxylic acids is 4. The zero-order valence-electron chi connectivity index (χ0n) is 29.5. The van der Waals surface area contributed by atoms with Gasteiger partial charge in [-0.1, -0.05) is 55.7 Å². The van der Waals surface area contributed by atoms with Crippen LogP contribution < -0.4 is 15.4 Å². The number of hydrogen-bond donors (Lipinski definition) is 3. The van der Waals surface area contributed by atoms with Crippen molar-refractivity contribution in [2.75, 3.05) is 6.54 Å². The Morgan fingerprint density at radius 3 is 2.55 bits per heavy atom. The number of hydrogen-bond acceptors (Lipinski definition) is 8. The largest absolute Gasteiger partial charge is 0.444 e. The van der Waals surface area contributed by atoms with Gasteiger partial charge in [0.05, 0.1) is 24.4 Å². The van der Waals surface area contributed by atoms with Crippen LogP contribution in [0.5, 0.6) is 0 Å². The average molecular weight is 722 g/mol. The molecule has 0 unspecified atom stereocenters. The molecule has 1 aromatic rings. The molecule has 13 heteroatoms. The Morgan fingerprint density at radius 2 is 1.82 bits per heavy atom. The minimum atomic E-state index is -3.85. The first kappa shape index (κ1) is 35.7. The predicted molar refractivity (Wildman–Crippen MR) is 191 cm³/mol. The summed E-state index contributed by atoms with van der Waals surface area (Å²) in [5.41, 5.74) is 1.76. The molecule has 4 amide bonds. The highest BCUT2D eigenvalue weighted by Gasteiger charge is 2.62. The summed E-state index contributed by atoms with van der Waals surface area (Å²) in [6.07, 6.45) is 13.6. The van der Waals surface area contributed by atoms with Crippen LogP contribution in [0.4, 0.5) is 4.79 Å². The van der Waals surface area contributed by atoms with Gasteiger partial charge >= 0.3 is 6.09 Å². The fraction of sp³-hybridized carbons (Fsp3) is 0.632. The molecule has 3 aliphatic heterocycles. The van der Waals surface area contributed by atoms with E-state index in [9.17, 15) is 27.6 Å². The zero-order valence-corrected chi connectivity index (χ0v) is 30.3. The summed E-state index contributed by atoms with van der Waals surface area (Å²) in [7, 11) is -3.85. The van der Waals surface area contributed by atoms with Crippen molar-refractivity contribution in [1.29, 1.82) is 0 Å². The van der Waals surface area contributed by atoms with Crippen molar-refractivity contribution in [1.82, 2.24) is 25.2 Å². The van der Waals surface area contributed by atoms with E-state index < -0.39 is 62.8 Å². The number of fused-ring (bicyclic) bond motifs is 3. The number of ether oxygens (including phenoxy) is 1. The van der Waals surface area contributed by atoms with Gasteiger partial charge in [0.25, 0.3) is 5.91 Å². The number of rotatable bonds is 7. The molecule has 0 radical (unpaired) electrons. The molecule has 276 valence electrons. The normalized spacial score (nSPS) is 32.4. The summed E-state index contributed by atoms with van der Waals surface area (Å²) in [4.78, 5) is 59.2. The van der Waals surface area contributed by atoms with E-state index in [-0.39, 0.29) is 37.3 Å². The van der Waals surface area contributed by atoms with Gasteiger partial charge in [-0.15, -0.1) is 6.58 Å². The number of sulfonamides is 1. The maximum Gasteiger partial charge on any atom is 0.410 e. The van der Waals surface area contributed by atoms with Gasteiger partial charge in [0.1, 0.15) is 17.7 Å². The van der Waals surface area contributed by atoms with Crippen molar-refractivity contribution in [3.8, 4) is 0 Å². The molecule has 3 N–H and O–H groups in total. The Bertz CT molecular complexity index is 1700. The number of nitrogens with one attached hydrogen (secondary N) is 3. The Hall–Kier alpha value is -3.71. The van der Waals surface area contributed by atoms with E-state index in [1.54, 1.807) is 11.0 Å². The zero-order chi connectivity index (χ0) is 35.9. The highest BCUT2D eigenvalue weighted by Crippen LogP contribution is 2.45. The minimum absolute atomic E-state index is 0.0386. The molecule has 3 heterocycles. The molecule has 4 fully saturated rings. The standard InChI is InChI=1S/C38H51N5O7S/c1-3-28-20-38(28,36(46)41-51(48,49)30-17-18-30)40-34(44)32-19-29-22-43(32)35(45)33(26-13-8-9-14-26)39-24(2)11-6-4-5-7-12-25-15-10-16-27-21-42(23-31(25)27)37(47)50-29/h3,7,10,12,15-16,24,26,28-30,32-33,39H,1,4-6,8-9,11,13-14,17-23H2,2H3,(H,40,44)(H,41,46)/b12-7+/t24-,28-,29-,32+,33+,38-/m1/s1. The molecule has 7 rings (SSSR count). The number of carbonyl (C=O) groups is 4. The first-order valence-electron chi connectivity index (χ1n) is 18.8. The maximum absolute atomic E-state index is 14.7. The van der Waals surface area contributed by atoms with E-state index in [0.29, 0.717) is 25.9 Å². The van der Waals surface area contributed by atoms with Crippen molar-refractivity contribution in [3.05, 3.63) is 53.6 Å². The SMILES string of the molecule is C=C[C@@H]1C[C@]1(NC(=O)[C@@H]1C[C@@H]2CN1C(=O)[C@H](C1CCCC1)N[C@H](C)CCCC/C=C/c1cccc3c1CN(C3)C(=O)O2)C(=O)NS(=O)(=O)C1CC1. The van der Waals surface area contributed by atoms with E-state index in [1.165, 1.54) is 4.90 Å². The summed E-state index contributed by atoms with van der Waals surface area (Å²) in [6, 6.07) is 4.62. The summed E-state index contributed by atoms with van der Waals surface area (Å²) in [5.74, 6) is -1.93. The molecule has 6 atom stereocenters. The van der Waals surface area contributed by atoms with E-state index >= 15 is 0 Å². The highest BCUT2D eigenvalue weighted by atomic mass is 32.2. The van der Waals surface area contributed by atoms with Crippen molar-refractivity contribution in [2.24, 2.45) is 11.8 Å². The first-order chi connectivity index (χ1) is 24.5. The lowest BCUT2D eigenvalue weighted by Crippen LogP contribution is -2.59. The Labute approximate surface area is 300 Å². The van der Waals surface area contributed by atoms with E-state index in [4.69, 9.17) is 4.74 Å². The predicted octanol–water partition coefficient (Wildman–Crippen LogP) is 3.90. The molecule has 3 saturated carbocycles. The van der Waals surface area contributed by atoms with Gasteiger partial charge in [-0.2, -0.15) is 0 Å². The number of amides is 4. The van der Waals surface area contributed by atoms with E-state index in [1.807, 2.05) is 12.1 Å². The maximum atomic E-state index is 14.7. The molecule has 1 aromatic carbocycles. The Kier molecular flexibility index (Phi) is 10.1. The molecule has 3 aliphatic carbocycles. The van der Waals surface area contributed by atoms with Crippen LogP contribution in [-0.4, -0.2) is 83.6 Å². The molecule has 12 nitrogen and oxygen atoms in total. The Morgan fingerprint density at radius 1 is 1.06 bits per heavy atom. The van der Waals surface area contributed by atoms with Crippen LogP contribution in [0, 0.1) is 11.8 Å². The quantitative estimate of drug-likeness (QED) is 0.359. The van der Waals surface area contributed by atoms with Gasteiger partial charge in [-0.3, -0.25) is 24.0 Å². The fourth-order valence-electron chi connectivity index (χ4n) is 8.54. The van der Waals surface area contributed by atoms with Gasteiger partial charge in [0.2, 0.25) is 21.8 Å². The lowest BCUT2D eigenvalue weighted by Gasteiger charge is -2.33. The molecular weight excluding hydrogens is 671 g/mol. The van der Waals surface area contributed by atoms with Crippen LogP contribution in [0.3, 0.4) is 0 Å². The third kappa shape index (κ3) is 7.46. The lowest BCUT2D eigenvalue weighted by molar-refractivity contribution is -0.142.